The molecule has 0 saturated carbocycles. The minimum atomic E-state index is -3.89. The van der Waals surface area contributed by atoms with Crippen LogP contribution in [0.4, 0.5) is 16.2 Å². The van der Waals surface area contributed by atoms with E-state index in [4.69, 9.17) is 4.74 Å². The number of ether oxygens (including phenoxy) is 1. The quantitative estimate of drug-likeness (QED) is 0.325. The van der Waals surface area contributed by atoms with Crippen molar-refractivity contribution in [1.82, 2.24) is 4.90 Å². The number of rotatable bonds is 5. The largest absolute Gasteiger partial charge is 0.444 e. The molecule has 1 amide bonds. The molecule has 8 nitrogen and oxygen atoms in total. The van der Waals surface area contributed by atoms with Crippen LogP contribution in [0.3, 0.4) is 0 Å². The van der Waals surface area contributed by atoms with E-state index in [2.05, 4.69) is 10.0 Å². The Kier molecular flexibility index (Phi) is 7.36. The number of aryl methyl sites for hydroxylation is 2. The van der Waals surface area contributed by atoms with Gasteiger partial charge in [0.15, 0.2) is 5.78 Å². The molecule has 0 bridgehead atoms. The molecular weight excluding hydrogens is 538 g/mol. The first-order valence-electron chi connectivity index (χ1n) is 13.8. The molecule has 2 aliphatic rings. The van der Waals surface area contributed by atoms with Crippen LogP contribution < -0.4 is 10.0 Å². The Labute approximate surface area is 242 Å². The molecule has 9 heteroatoms. The van der Waals surface area contributed by atoms with Crippen molar-refractivity contribution in [3.05, 3.63) is 88.5 Å². The zero-order valence-electron chi connectivity index (χ0n) is 24.3. The third-order valence-corrected chi connectivity index (χ3v) is 9.28. The van der Waals surface area contributed by atoms with Gasteiger partial charge < -0.3 is 15.0 Å². The second kappa shape index (κ2) is 10.5. The van der Waals surface area contributed by atoms with E-state index in [0.717, 1.165) is 27.9 Å². The summed E-state index contributed by atoms with van der Waals surface area (Å²) in [5, 5.41) is 3.60. The number of hydrogen-bond donors (Lipinski definition) is 2. The zero-order valence-corrected chi connectivity index (χ0v) is 25.1. The van der Waals surface area contributed by atoms with Crippen molar-refractivity contribution >= 4 is 33.3 Å². The van der Waals surface area contributed by atoms with Crippen molar-refractivity contribution in [3.63, 3.8) is 0 Å². The molecule has 1 unspecified atom stereocenters. The third kappa shape index (κ3) is 5.81. The number of amides is 1. The van der Waals surface area contributed by atoms with E-state index in [0.29, 0.717) is 24.2 Å². The number of nitrogens with zero attached hydrogens (tertiary/aromatic N) is 1. The number of carbonyl (C=O) groups excluding carboxylic acids is 2. The highest BCUT2D eigenvalue weighted by molar-refractivity contribution is 7.92. The topological polar surface area (TPSA) is 105 Å². The summed E-state index contributed by atoms with van der Waals surface area (Å²) in [4.78, 5) is 27.1. The van der Waals surface area contributed by atoms with Crippen LogP contribution in [0, 0.1) is 19.8 Å². The standard InChI is InChI=1S/C32H37N3O5S/c1-19-7-12-24(17-20(19)2)34-41(38,39)25-13-14-28-27(18-25)30-26(15-16-35(30)31(37)40-32(4,5)6)29(33-28)23-10-8-22(9-11-23)21(3)36/h7-14,17-18,26,29-30,33-34H,15-16H2,1-6H3/t26-,29?,30-/m0/s1. The van der Waals surface area contributed by atoms with Gasteiger partial charge in [-0.3, -0.25) is 9.52 Å². The van der Waals surface area contributed by atoms with Crippen LogP contribution in [0.2, 0.25) is 0 Å². The van der Waals surface area contributed by atoms with Crippen LogP contribution in [-0.2, 0) is 14.8 Å². The summed E-state index contributed by atoms with van der Waals surface area (Å²) in [6.45, 7) is 11.4. The number of anilines is 2. The van der Waals surface area contributed by atoms with Gasteiger partial charge in [-0.2, -0.15) is 0 Å². The zero-order chi connectivity index (χ0) is 29.7. The maximum absolute atomic E-state index is 13.5. The lowest BCUT2D eigenvalue weighted by Gasteiger charge is -2.40. The maximum atomic E-state index is 13.5. The maximum Gasteiger partial charge on any atom is 0.410 e. The molecule has 2 aliphatic heterocycles. The molecule has 0 aliphatic carbocycles. The molecule has 3 aromatic carbocycles. The number of ketones is 1. The minimum Gasteiger partial charge on any atom is -0.444 e. The van der Waals surface area contributed by atoms with Gasteiger partial charge in [-0.25, -0.2) is 13.2 Å². The number of hydrogen-bond acceptors (Lipinski definition) is 6. The third-order valence-electron chi connectivity index (χ3n) is 7.90. The number of benzene rings is 3. The van der Waals surface area contributed by atoms with E-state index in [-0.39, 0.29) is 22.6 Å². The summed E-state index contributed by atoms with van der Waals surface area (Å²) in [5.74, 6) is -0.0413. The minimum absolute atomic E-state index is 0.00325. The van der Waals surface area contributed by atoms with Gasteiger partial charge in [-0.05, 0) is 101 Å². The van der Waals surface area contributed by atoms with Crippen molar-refractivity contribution in [1.29, 1.82) is 0 Å². The number of Topliss-reactive ketones (excluding diaryl/α,β-unsaturated/α-hetero) is 1. The summed E-state index contributed by atoms with van der Waals surface area (Å²) in [5.41, 5.74) is 5.01. The normalized spacial score (nSPS) is 20.0. The second-order valence-corrected chi connectivity index (χ2v) is 13.7. The van der Waals surface area contributed by atoms with E-state index < -0.39 is 27.8 Å². The van der Waals surface area contributed by atoms with Gasteiger partial charge in [0, 0.05) is 29.4 Å². The van der Waals surface area contributed by atoms with Crippen LogP contribution in [0.25, 0.3) is 0 Å². The smallest absolute Gasteiger partial charge is 0.410 e. The Balaban J connectivity index is 1.54. The van der Waals surface area contributed by atoms with E-state index in [9.17, 15) is 18.0 Å². The van der Waals surface area contributed by atoms with Crippen molar-refractivity contribution in [2.45, 2.75) is 70.5 Å². The monoisotopic (exact) mass is 575 g/mol. The molecule has 5 rings (SSSR count). The van der Waals surface area contributed by atoms with Gasteiger partial charge >= 0.3 is 6.09 Å². The molecule has 216 valence electrons. The van der Waals surface area contributed by atoms with Crippen LogP contribution in [0.15, 0.2) is 65.6 Å². The number of carbonyl (C=O) groups is 2. The van der Waals surface area contributed by atoms with Crippen LogP contribution in [0.5, 0.6) is 0 Å². The Hall–Kier alpha value is -3.85. The predicted molar refractivity (Wildman–Crippen MR) is 160 cm³/mol. The molecule has 1 saturated heterocycles. The summed E-state index contributed by atoms with van der Waals surface area (Å²) in [6, 6.07) is 17.4. The van der Waals surface area contributed by atoms with Gasteiger partial charge in [0.05, 0.1) is 17.0 Å². The Morgan fingerprint density at radius 1 is 0.976 bits per heavy atom. The number of sulfonamides is 1. The Bertz CT molecular complexity index is 1610. The lowest BCUT2D eigenvalue weighted by atomic mass is 9.80. The fraction of sp³-hybridized carbons (Fsp3) is 0.375. The molecule has 41 heavy (non-hydrogen) atoms. The number of fused-ring (bicyclic) bond motifs is 3. The fourth-order valence-corrected chi connectivity index (χ4v) is 6.81. The molecule has 3 aromatic rings. The van der Waals surface area contributed by atoms with E-state index in [1.54, 1.807) is 29.2 Å². The number of nitrogens with one attached hydrogen (secondary N) is 2. The van der Waals surface area contributed by atoms with Crippen LogP contribution >= 0.6 is 0 Å². The predicted octanol–water partition coefficient (Wildman–Crippen LogP) is 6.77. The van der Waals surface area contributed by atoms with E-state index in [1.807, 2.05) is 71.0 Å². The second-order valence-electron chi connectivity index (χ2n) is 12.0. The van der Waals surface area contributed by atoms with Crippen LogP contribution in [-0.4, -0.2) is 37.3 Å². The average molecular weight is 576 g/mol. The van der Waals surface area contributed by atoms with Gasteiger partial charge in [-0.15, -0.1) is 0 Å². The SMILES string of the molecule is CC(=O)c1ccc(C2Nc3ccc(S(=O)(=O)Nc4ccc(C)c(C)c4)cc3[C@@H]3[C@H]2CCN3C(=O)OC(C)(C)C)cc1. The Morgan fingerprint density at radius 3 is 2.32 bits per heavy atom. The fourth-order valence-electron chi connectivity index (χ4n) is 5.72. The van der Waals surface area contributed by atoms with Gasteiger partial charge in [0.2, 0.25) is 0 Å². The van der Waals surface area contributed by atoms with Gasteiger partial charge in [0.25, 0.3) is 10.0 Å². The van der Waals surface area contributed by atoms with Crippen molar-refractivity contribution < 1.29 is 22.7 Å². The molecule has 3 atom stereocenters. The highest BCUT2D eigenvalue weighted by atomic mass is 32.2. The molecule has 1 fully saturated rings. The highest BCUT2D eigenvalue weighted by Gasteiger charge is 2.47. The van der Waals surface area contributed by atoms with Crippen molar-refractivity contribution in [3.8, 4) is 0 Å². The lowest BCUT2D eigenvalue weighted by molar-refractivity contribution is 0.0198. The summed E-state index contributed by atoms with van der Waals surface area (Å²) < 4.78 is 35.4. The molecule has 0 aromatic heterocycles. The highest BCUT2D eigenvalue weighted by Crippen LogP contribution is 2.52. The van der Waals surface area contributed by atoms with Crippen molar-refractivity contribution in [2.24, 2.45) is 5.92 Å². The summed E-state index contributed by atoms with van der Waals surface area (Å²) in [6.07, 6.45) is 0.276. The summed E-state index contributed by atoms with van der Waals surface area (Å²) in [7, 11) is -3.89. The Morgan fingerprint density at radius 2 is 1.68 bits per heavy atom. The first kappa shape index (κ1) is 28.7. The number of likely N-dealkylation sites (tertiary alicyclic amines) is 1. The average Bonchev–Trinajstić information content (AvgIpc) is 3.35. The molecule has 0 spiro atoms. The summed E-state index contributed by atoms with van der Waals surface area (Å²) >= 11 is 0. The molecule has 2 heterocycles. The lowest BCUT2D eigenvalue weighted by Crippen LogP contribution is -2.40. The van der Waals surface area contributed by atoms with Crippen LogP contribution in [0.1, 0.15) is 78.8 Å². The van der Waals surface area contributed by atoms with Gasteiger partial charge in [0.1, 0.15) is 5.60 Å². The van der Waals surface area contributed by atoms with Crippen molar-refractivity contribution in [2.75, 3.05) is 16.6 Å². The van der Waals surface area contributed by atoms with E-state index >= 15 is 0 Å². The molecule has 2 N–H and O–H groups in total. The first-order valence-corrected chi connectivity index (χ1v) is 15.3. The van der Waals surface area contributed by atoms with Gasteiger partial charge in [-0.1, -0.05) is 30.3 Å². The molecule has 0 radical (unpaired) electrons. The first-order chi connectivity index (χ1) is 19.2. The molecular formula is C32H37N3O5S. The van der Waals surface area contributed by atoms with E-state index in [1.165, 1.54) is 6.92 Å².